The summed E-state index contributed by atoms with van der Waals surface area (Å²) in [5, 5.41) is 0. The maximum Gasteiger partial charge on any atom is 0.400 e. The fraction of sp³-hybridized carbons (Fsp3) is 0.158. The van der Waals surface area contributed by atoms with Crippen molar-refractivity contribution < 1.29 is 38.6 Å². The Balaban J connectivity index is 0.000000186. The Labute approximate surface area is 158 Å². The predicted octanol–water partition coefficient (Wildman–Crippen LogP) is 0.924. The summed E-state index contributed by atoms with van der Waals surface area (Å²) < 4.78 is 39.4. The van der Waals surface area contributed by atoms with Crippen molar-refractivity contribution in [1.82, 2.24) is 0 Å². The molecule has 0 saturated heterocycles. The zero-order valence-corrected chi connectivity index (χ0v) is 17.2. The van der Waals surface area contributed by atoms with Crippen LogP contribution < -0.4 is 21.2 Å². The summed E-state index contributed by atoms with van der Waals surface area (Å²) in [5.41, 5.74) is 2.30. The smallest absolute Gasteiger partial charge is 0.400 e. The summed E-state index contributed by atoms with van der Waals surface area (Å²) in [6.45, 7) is 5.97. The van der Waals surface area contributed by atoms with E-state index >= 15 is 0 Å². The van der Waals surface area contributed by atoms with Gasteiger partial charge in [0.25, 0.3) is 0 Å². The number of aryl methyl sites for hydroxylation is 3. The lowest BCUT2D eigenvalue weighted by Gasteiger charge is -2.05. The Morgan fingerprint density at radius 2 is 1.52 bits per heavy atom. The molecule has 0 saturated carbocycles. The Bertz CT molecular complexity index is 928. The molecule has 4 nitrogen and oxygen atoms in total. The van der Waals surface area contributed by atoms with Crippen LogP contribution in [0, 0.1) is 28.1 Å². The molecular weight excluding hydrogens is 451 g/mol. The molecule has 0 radical (unpaired) electrons. The first-order chi connectivity index (χ1) is 11.8. The number of hydrogen-bond acceptors (Lipinski definition) is 4. The highest BCUT2D eigenvalue weighted by Crippen LogP contribution is 2.08. The maximum atomic E-state index is 10.4. The van der Waals surface area contributed by atoms with Crippen molar-refractivity contribution in [3.8, 4) is 0 Å². The minimum Gasteiger partial charge on any atom is -0.744 e. The fourth-order valence-corrected chi connectivity index (χ4v) is 4.77. The maximum absolute atomic E-state index is 10.4. The van der Waals surface area contributed by atoms with Crippen molar-refractivity contribution in [3.05, 3.63) is 84.9 Å². The minimum absolute atomic E-state index is 0.139. The van der Waals surface area contributed by atoms with Gasteiger partial charge in [0.05, 0.1) is 4.90 Å². The third-order valence-electron chi connectivity index (χ3n) is 3.29. The van der Waals surface area contributed by atoms with E-state index in [4.69, 9.17) is 4.42 Å². The van der Waals surface area contributed by atoms with Crippen molar-refractivity contribution in [3.63, 3.8) is 0 Å². The second-order valence-corrected chi connectivity index (χ2v) is 9.61. The molecule has 0 aliphatic rings. The second kappa shape index (κ2) is 8.64. The van der Waals surface area contributed by atoms with Crippen molar-refractivity contribution in [2.45, 2.75) is 25.7 Å². The van der Waals surface area contributed by atoms with Crippen molar-refractivity contribution >= 4 is 10.1 Å². The summed E-state index contributed by atoms with van der Waals surface area (Å²) in [4.78, 5) is -0.178. The van der Waals surface area contributed by atoms with E-state index in [0.717, 1.165) is 15.1 Å². The first kappa shape index (κ1) is 19.7. The molecule has 0 fully saturated rings. The van der Waals surface area contributed by atoms with Crippen LogP contribution in [-0.4, -0.2) is 13.0 Å². The summed E-state index contributed by atoms with van der Waals surface area (Å²) in [6.07, 6.45) is 0. The lowest BCUT2D eigenvalue weighted by atomic mass is 10.2. The zero-order valence-electron chi connectivity index (χ0n) is 14.2. The van der Waals surface area contributed by atoms with Crippen LogP contribution >= 0.6 is 0 Å². The van der Waals surface area contributed by atoms with Gasteiger partial charge in [-0.05, 0) is 45.0 Å². The van der Waals surface area contributed by atoms with E-state index in [-0.39, 0.29) is 26.1 Å². The summed E-state index contributed by atoms with van der Waals surface area (Å²) in [7, 11) is -4.27. The SMILES string of the molecule is Cc1ccc(S(=O)(=O)[O-])cc1.Cc1ccc([I+]c2ccccc2C)o1. The molecular formula is C19H19IO4S. The van der Waals surface area contributed by atoms with Crippen LogP contribution in [0.25, 0.3) is 0 Å². The molecule has 2 aromatic carbocycles. The lowest BCUT2D eigenvalue weighted by molar-refractivity contribution is -0.618. The average molecular weight is 470 g/mol. The third-order valence-corrected chi connectivity index (χ3v) is 7.04. The Hall–Kier alpha value is -1.64. The van der Waals surface area contributed by atoms with Gasteiger partial charge in [0.2, 0.25) is 3.57 Å². The number of hydrogen-bond donors (Lipinski definition) is 0. The van der Waals surface area contributed by atoms with Crippen LogP contribution in [-0.2, 0) is 10.1 Å². The topological polar surface area (TPSA) is 70.3 Å². The van der Waals surface area contributed by atoms with Crippen LogP contribution in [0.4, 0.5) is 0 Å². The van der Waals surface area contributed by atoms with Crippen LogP contribution in [0.15, 0.2) is 70.0 Å². The number of benzene rings is 2. The molecule has 0 amide bonds. The molecule has 0 bridgehead atoms. The van der Waals surface area contributed by atoms with E-state index in [1.54, 1.807) is 12.1 Å². The molecule has 3 rings (SSSR count). The van der Waals surface area contributed by atoms with Gasteiger partial charge in [-0.15, -0.1) is 0 Å². The zero-order chi connectivity index (χ0) is 18.4. The molecule has 1 heterocycles. The molecule has 25 heavy (non-hydrogen) atoms. The molecule has 0 aliphatic carbocycles. The first-order valence-electron chi connectivity index (χ1n) is 7.55. The molecule has 1 aromatic heterocycles. The van der Waals surface area contributed by atoms with Gasteiger partial charge in [-0.25, -0.2) is 8.42 Å². The van der Waals surface area contributed by atoms with Crippen LogP contribution in [0.1, 0.15) is 16.9 Å². The highest BCUT2D eigenvalue weighted by molar-refractivity contribution is 7.85. The van der Waals surface area contributed by atoms with Gasteiger partial charge in [0.1, 0.15) is 15.9 Å². The normalized spacial score (nSPS) is 10.9. The van der Waals surface area contributed by atoms with Crippen LogP contribution in [0.5, 0.6) is 0 Å². The number of halogens is 1. The van der Waals surface area contributed by atoms with Gasteiger partial charge in [-0.1, -0.05) is 35.9 Å². The number of furan rings is 1. The van der Waals surface area contributed by atoms with Gasteiger partial charge in [-0.2, -0.15) is 0 Å². The van der Waals surface area contributed by atoms with Crippen LogP contribution in [0.3, 0.4) is 0 Å². The van der Waals surface area contributed by atoms with Crippen LogP contribution in [0.2, 0.25) is 0 Å². The number of rotatable bonds is 3. The minimum atomic E-state index is -4.27. The first-order valence-corrected chi connectivity index (χ1v) is 11.1. The highest BCUT2D eigenvalue weighted by atomic mass is 127. The summed E-state index contributed by atoms with van der Waals surface area (Å²) in [6, 6.07) is 18.4. The van der Waals surface area contributed by atoms with E-state index in [2.05, 4.69) is 37.3 Å². The van der Waals surface area contributed by atoms with E-state index in [9.17, 15) is 13.0 Å². The Kier molecular flexibility index (Phi) is 6.80. The molecule has 6 heteroatoms. The highest BCUT2D eigenvalue weighted by Gasteiger charge is 2.21. The molecule has 0 spiro atoms. The van der Waals surface area contributed by atoms with E-state index in [1.807, 2.05) is 19.9 Å². The molecule has 0 aliphatic heterocycles. The van der Waals surface area contributed by atoms with E-state index in [0.29, 0.717) is 0 Å². The molecule has 132 valence electrons. The van der Waals surface area contributed by atoms with Gasteiger partial charge in [0.15, 0.2) is 0 Å². The molecule has 0 N–H and O–H groups in total. The lowest BCUT2D eigenvalue weighted by Crippen LogP contribution is -3.61. The predicted molar refractivity (Wildman–Crippen MR) is 91.2 cm³/mol. The Morgan fingerprint density at radius 3 is 2.04 bits per heavy atom. The molecule has 3 aromatic rings. The molecule has 0 atom stereocenters. The standard InChI is InChI=1S/C12H12IO.C7H8O3S/c1-9-5-3-4-6-11(9)13-12-8-7-10(2)14-12;1-6-2-4-7(5-3-6)11(8,9)10/h3-8H,1-2H3;2-5H,1H3,(H,8,9,10)/q+1;/p-1. The molecule has 0 unspecified atom stereocenters. The summed E-state index contributed by atoms with van der Waals surface area (Å²) in [5.74, 6) is 1.01. The Morgan fingerprint density at radius 1 is 0.880 bits per heavy atom. The van der Waals surface area contributed by atoms with Crippen molar-refractivity contribution in [1.29, 1.82) is 0 Å². The van der Waals surface area contributed by atoms with E-state index in [1.165, 1.54) is 21.3 Å². The van der Waals surface area contributed by atoms with E-state index < -0.39 is 10.1 Å². The van der Waals surface area contributed by atoms with Gasteiger partial charge in [-0.3, -0.25) is 0 Å². The second-order valence-electron chi connectivity index (χ2n) is 5.46. The quantitative estimate of drug-likeness (QED) is 0.422. The average Bonchev–Trinajstić information content (AvgIpc) is 2.95. The van der Waals surface area contributed by atoms with Gasteiger partial charge in [0, 0.05) is 11.6 Å². The van der Waals surface area contributed by atoms with Crippen molar-refractivity contribution in [2.75, 3.05) is 0 Å². The van der Waals surface area contributed by atoms with Crippen molar-refractivity contribution in [2.24, 2.45) is 0 Å². The fourth-order valence-electron chi connectivity index (χ4n) is 1.92. The monoisotopic (exact) mass is 470 g/mol. The van der Waals surface area contributed by atoms with Gasteiger partial charge < -0.3 is 8.97 Å². The third kappa shape index (κ3) is 6.30. The summed E-state index contributed by atoms with van der Waals surface area (Å²) >= 11 is -0.139. The largest absolute Gasteiger partial charge is 0.744 e. The van der Waals surface area contributed by atoms with Gasteiger partial charge >= 0.3 is 25.0 Å².